The Balaban J connectivity index is 1.83. The molecule has 0 spiro atoms. The van der Waals surface area contributed by atoms with Crippen molar-refractivity contribution in [2.24, 2.45) is 7.05 Å². The molecule has 0 unspecified atom stereocenters. The van der Waals surface area contributed by atoms with E-state index in [4.69, 9.17) is 4.74 Å². The van der Waals surface area contributed by atoms with Crippen molar-refractivity contribution in [2.75, 3.05) is 26.8 Å². The first-order valence-corrected chi connectivity index (χ1v) is 10.6. The zero-order valence-electron chi connectivity index (χ0n) is 18.7. The maximum atomic E-state index is 13.5. The normalized spacial score (nSPS) is 11.1. The molecule has 6 heteroatoms. The maximum Gasteiger partial charge on any atom is 0.255 e. The molecule has 0 saturated carbocycles. The quantitative estimate of drug-likeness (QED) is 0.529. The third kappa shape index (κ3) is 5.33. The summed E-state index contributed by atoms with van der Waals surface area (Å²) in [5.41, 5.74) is 1.64. The van der Waals surface area contributed by atoms with Crippen molar-refractivity contribution in [3.05, 3.63) is 72.1 Å². The first-order valence-electron chi connectivity index (χ1n) is 10.6. The first-order chi connectivity index (χ1) is 14.9. The Morgan fingerprint density at radius 1 is 1.03 bits per heavy atom. The van der Waals surface area contributed by atoms with Gasteiger partial charge in [-0.1, -0.05) is 36.4 Å². The van der Waals surface area contributed by atoms with Crippen LogP contribution in [-0.2, 0) is 23.1 Å². The van der Waals surface area contributed by atoms with Gasteiger partial charge in [-0.2, -0.15) is 0 Å². The first kappa shape index (κ1) is 22.6. The Labute approximate surface area is 184 Å². The van der Waals surface area contributed by atoms with Crippen molar-refractivity contribution in [3.8, 4) is 0 Å². The number of hydrogen-bond donors (Lipinski definition) is 0. The van der Waals surface area contributed by atoms with E-state index in [1.165, 1.54) is 0 Å². The predicted octanol–water partition coefficient (Wildman–Crippen LogP) is 3.70. The van der Waals surface area contributed by atoms with Gasteiger partial charge in [-0.15, -0.1) is 0 Å². The van der Waals surface area contributed by atoms with Gasteiger partial charge in [0.05, 0.1) is 13.2 Å². The zero-order valence-corrected chi connectivity index (χ0v) is 18.7. The molecule has 0 atom stereocenters. The minimum atomic E-state index is -0.134. The van der Waals surface area contributed by atoms with E-state index in [9.17, 15) is 9.59 Å². The zero-order chi connectivity index (χ0) is 22.4. The molecule has 0 aliphatic heterocycles. The lowest BCUT2D eigenvalue weighted by atomic mass is 10.0. The number of aromatic nitrogens is 1. The SMILES string of the molecule is COCCN(Cc1cccn1C)C(=O)CN(C(=O)c1cccc2ccccc12)C(C)C. The molecule has 6 nitrogen and oxygen atoms in total. The number of rotatable bonds is 9. The minimum Gasteiger partial charge on any atom is -0.383 e. The lowest BCUT2D eigenvalue weighted by Gasteiger charge is -2.30. The highest BCUT2D eigenvalue weighted by Gasteiger charge is 2.25. The summed E-state index contributed by atoms with van der Waals surface area (Å²) in [7, 11) is 3.58. The van der Waals surface area contributed by atoms with Crippen LogP contribution < -0.4 is 0 Å². The predicted molar refractivity (Wildman–Crippen MR) is 123 cm³/mol. The molecule has 0 saturated heterocycles. The van der Waals surface area contributed by atoms with Crippen LogP contribution in [0.1, 0.15) is 29.9 Å². The Morgan fingerprint density at radius 3 is 2.45 bits per heavy atom. The number of aryl methyl sites for hydroxylation is 1. The summed E-state index contributed by atoms with van der Waals surface area (Å²) < 4.78 is 7.20. The van der Waals surface area contributed by atoms with E-state index >= 15 is 0 Å². The van der Waals surface area contributed by atoms with Crippen LogP contribution in [0.5, 0.6) is 0 Å². The number of fused-ring (bicyclic) bond motifs is 1. The number of carbonyl (C=O) groups excluding carboxylic acids is 2. The molecular weight excluding hydrogens is 390 g/mol. The molecule has 0 N–H and O–H groups in total. The van der Waals surface area contributed by atoms with Gasteiger partial charge in [0, 0.05) is 44.2 Å². The summed E-state index contributed by atoms with van der Waals surface area (Å²) >= 11 is 0. The highest BCUT2D eigenvalue weighted by Crippen LogP contribution is 2.21. The second-order valence-corrected chi connectivity index (χ2v) is 7.97. The van der Waals surface area contributed by atoms with Crippen LogP contribution in [0.25, 0.3) is 10.8 Å². The molecule has 0 radical (unpaired) electrons. The Kier molecular flexibility index (Phi) is 7.47. The van der Waals surface area contributed by atoms with Crippen molar-refractivity contribution in [1.29, 1.82) is 0 Å². The highest BCUT2D eigenvalue weighted by molar-refractivity contribution is 6.07. The average molecular weight is 422 g/mol. The number of benzene rings is 2. The van der Waals surface area contributed by atoms with Crippen molar-refractivity contribution < 1.29 is 14.3 Å². The van der Waals surface area contributed by atoms with E-state index in [1.54, 1.807) is 16.9 Å². The summed E-state index contributed by atoms with van der Waals surface area (Å²) in [6.07, 6.45) is 1.96. The largest absolute Gasteiger partial charge is 0.383 e. The molecular formula is C25H31N3O3. The lowest BCUT2D eigenvalue weighted by Crippen LogP contribution is -2.46. The van der Waals surface area contributed by atoms with Crippen LogP contribution in [0.3, 0.4) is 0 Å². The fourth-order valence-corrected chi connectivity index (χ4v) is 3.65. The number of nitrogens with zero attached hydrogens (tertiary/aromatic N) is 3. The number of methoxy groups -OCH3 is 1. The second kappa shape index (κ2) is 10.3. The van der Waals surface area contributed by atoms with Gasteiger partial charge >= 0.3 is 0 Å². The molecule has 164 valence electrons. The van der Waals surface area contributed by atoms with Gasteiger partial charge < -0.3 is 19.1 Å². The number of amides is 2. The minimum absolute atomic E-state index is 0.0217. The Hall–Kier alpha value is -3.12. The molecule has 3 aromatic rings. The van der Waals surface area contributed by atoms with Gasteiger partial charge in [0.25, 0.3) is 5.91 Å². The monoisotopic (exact) mass is 421 g/mol. The molecule has 0 fully saturated rings. The molecule has 31 heavy (non-hydrogen) atoms. The van der Waals surface area contributed by atoms with E-state index in [0.29, 0.717) is 25.3 Å². The molecule has 0 aliphatic rings. The topological polar surface area (TPSA) is 54.8 Å². The third-order valence-electron chi connectivity index (χ3n) is 5.53. The molecule has 0 bridgehead atoms. The third-order valence-corrected chi connectivity index (χ3v) is 5.53. The van der Waals surface area contributed by atoms with Crippen LogP contribution >= 0.6 is 0 Å². The summed E-state index contributed by atoms with van der Waals surface area (Å²) in [4.78, 5) is 30.1. The van der Waals surface area contributed by atoms with Gasteiger partial charge in [0.15, 0.2) is 0 Å². The van der Waals surface area contributed by atoms with Crippen LogP contribution in [0.2, 0.25) is 0 Å². The standard InChI is InChI=1S/C25H31N3O3/c1-19(2)28(25(30)23-13-7-10-20-9-5-6-12-22(20)23)18-24(29)27(15-16-31-4)17-21-11-8-14-26(21)3/h5-14,19H,15-18H2,1-4H3. The fraction of sp³-hybridized carbons (Fsp3) is 0.360. The van der Waals surface area contributed by atoms with E-state index in [2.05, 4.69) is 0 Å². The molecule has 3 rings (SSSR count). The van der Waals surface area contributed by atoms with E-state index in [1.807, 2.05) is 86.3 Å². The number of ether oxygens (including phenoxy) is 1. The van der Waals surface area contributed by atoms with Crippen LogP contribution in [0, 0.1) is 0 Å². The van der Waals surface area contributed by atoms with Gasteiger partial charge in [-0.3, -0.25) is 9.59 Å². The van der Waals surface area contributed by atoms with Crippen molar-refractivity contribution in [3.63, 3.8) is 0 Å². The number of carbonyl (C=O) groups is 2. The van der Waals surface area contributed by atoms with Crippen molar-refractivity contribution in [2.45, 2.75) is 26.4 Å². The van der Waals surface area contributed by atoms with Crippen molar-refractivity contribution in [1.82, 2.24) is 14.4 Å². The summed E-state index contributed by atoms with van der Waals surface area (Å²) in [6, 6.07) is 17.4. The molecule has 2 aromatic carbocycles. The van der Waals surface area contributed by atoms with Crippen molar-refractivity contribution >= 4 is 22.6 Å². The second-order valence-electron chi connectivity index (χ2n) is 7.97. The van der Waals surface area contributed by atoms with Crippen LogP contribution in [-0.4, -0.2) is 59.0 Å². The fourth-order valence-electron chi connectivity index (χ4n) is 3.65. The van der Waals surface area contributed by atoms with Gasteiger partial charge in [-0.25, -0.2) is 0 Å². The summed E-state index contributed by atoms with van der Waals surface area (Å²) in [5.74, 6) is -0.230. The Bertz CT molecular complexity index is 1040. The van der Waals surface area contributed by atoms with E-state index < -0.39 is 0 Å². The van der Waals surface area contributed by atoms with E-state index in [0.717, 1.165) is 16.5 Å². The summed E-state index contributed by atoms with van der Waals surface area (Å²) in [6.45, 7) is 5.28. The van der Waals surface area contributed by atoms with Gasteiger partial charge in [-0.05, 0) is 42.8 Å². The smallest absolute Gasteiger partial charge is 0.255 e. The molecule has 1 aromatic heterocycles. The lowest BCUT2D eigenvalue weighted by molar-refractivity contribution is -0.133. The average Bonchev–Trinajstić information content (AvgIpc) is 3.18. The Morgan fingerprint density at radius 2 is 1.77 bits per heavy atom. The highest BCUT2D eigenvalue weighted by atomic mass is 16.5. The molecule has 1 heterocycles. The van der Waals surface area contributed by atoms with Gasteiger partial charge in [0.2, 0.25) is 5.91 Å². The van der Waals surface area contributed by atoms with Gasteiger partial charge in [0.1, 0.15) is 6.54 Å². The van der Waals surface area contributed by atoms with Crippen LogP contribution in [0.4, 0.5) is 0 Å². The summed E-state index contributed by atoms with van der Waals surface area (Å²) in [5, 5.41) is 1.90. The molecule has 2 amide bonds. The molecule has 0 aliphatic carbocycles. The van der Waals surface area contributed by atoms with E-state index in [-0.39, 0.29) is 24.4 Å². The number of hydrogen-bond acceptors (Lipinski definition) is 3. The van der Waals surface area contributed by atoms with Crippen LogP contribution in [0.15, 0.2) is 60.8 Å². The maximum absolute atomic E-state index is 13.5.